The Morgan fingerprint density at radius 1 is 0.490 bits per heavy atom. The molecule has 1 unspecified atom stereocenters. The van der Waals surface area contributed by atoms with Crippen molar-refractivity contribution in [1.29, 1.82) is 0 Å². The Labute approximate surface area is 298 Å². The van der Waals surface area contributed by atoms with Crippen LogP contribution in [0.2, 0.25) is 0 Å². The molecule has 2 aliphatic rings. The molecule has 1 heterocycles. The lowest BCUT2D eigenvalue weighted by atomic mass is 9.69. The Kier molecular flexibility index (Phi) is 6.53. The molecule has 1 atom stereocenters. The van der Waals surface area contributed by atoms with Crippen molar-refractivity contribution in [3.63, 3.8) is 0 Å². The van der Waals surface area contributed by atoms with Gasteiger partial charge in [0.2, 0.25) is 0 Å². The van der Waals surface area contributed by atoms with E-state index in [2.05, 4.69) is 188 Å². The summed E-state index contributed by atoms with van der Waals surface area (Å²) in [6.45, 7) is 6.42. The van der Waals surface area contributed by atoms with E-state index in [0.29, 0.717) is 0 Å². The molecule has 0 amide bonds. The summed E-state index contributed by atoms with van der Waals surface area (Å²) < 4.78 is 0. The number of hydrogen-bond acceptors (Lipinski definition) is 0. The molecule has 1 heteroatoms. The maximum absolute atomic E-state index is 4.30. The van der Waals surface area contributed by atoms with E-state index in [1.807, 2.05) is 6.08 Å². The molecule has 0 radical (unpaired) electrons. The first-order chi connectivity index (χ1) is 25.2. The highest BCUT2D eigenvalue weighted by molar-refractivity contribution is 6.11. The molecular weight excluding hydrogens is 615 g/mol. The fourth-order valence-corrected chi connectivity index (χ4v) is 9.04. The predicted molar refractivity (Wildman–Crippen MR) is 216 cm³/mol. The van der Waals surface area contributed by atoms with E-state index in [1.165, 1.54) is 88.7 Å². The van der Waals surface area contributed by atoms with Gasteiger partial charge >= 0.3 is 0 Å². The SMILES string of the molecule is C=CC1=C(/C=C\C)C2(c3ccccc31)c1ccccc1-c1c(-c3ccc4[nH]c5ccc(-c6cccc(-c7ccccc7)c6)cc5c4c3)cccc12. The summed E-state index contributed by atoms with van der Waals surface area (Å²) in [6.07, 6.45) is 6.53. The zero-order valence-corrected chi connectivity index (χ0v) is 28.5. The molecule has 51 heavy (non-hydrogen) atoms. The van der Waals surface area contributed by atoms with Crippen molar-refractivity contribution in [2.24, 2.45) is 0 Å². The summed E-state index contributed by atoms with van der Waals surface area (Å²) in [7, 11) is 0. The highest BCUT2D eigenvalue weighted by Crippen LogP contribution is 2.63. The Bertz CT molecular complexity index is 2770. The summed E-state index contributed by atoms with van der Waals surface area (Å²) in [5.74, 6) is 0. The van der Waals surface area contributed by atoms with Crippen molar-refractivity contribution < 1.29 is 0 Å². The number of aromatic amines is 1. The van der Waals surface area contributed by atoms with Gasteiger partial charge in [0.1, 0.15) is 0 Å². The Morgan fingerprint density at radius 3 is 1.78 bits per heavy atom. The average molecular weight is 650 g/mol. The topological polar surface area (TPSA) is 15.8 Å². The fraction of sp³-hybridized carbons (Fsp3) is 0.0400. The predicted octanol–water partition coefficient (Wildman–Crippen LogP) is 13.2. The maximum Gasteiger partial charge on any atom is 0.0725 e. The van der Waals surface area contributed by atoms with E-state index in [1.54, 1.807) is 0 Å². The smallest absolute Gasteiger partial charge is 0.0725 e. The van der Waals surface area contributed by atoms with Gasteiger partial charge in [0.05, 0.1) is 5.41 Å². The van der Waals surface area contributed by atoms with Crippen LogP contribution in [0.15, 0.2) is 188 Å². The standard InChI is InChI=1S/C50H35N/c1-3-14-43-37(4-2)39-19-8-10-22-44(39)50(43)45-23-11-9-20-40(45)49-38(21-13-24-46(49)50)36-26-28-48-42(31-36)41-30-35(25-27-47(41)51-48)34-18-12-17-33(29-34)32-15-6-5-7-16-32/h3-31,51H,2H2,1H3/b14-3-. The second-order valence-electron chi connectivity index (χ2n) is 13.7. The van der Waals surface area contributed by atoms with Crippen LogP contribution in [0.3, 0.4) is 0 Å². The molecule has 0 bridgehead atoms. The Morgan fingerprint density at radius 2 is 1.04 bits per heavy atom. The fourth-order valence-electron chi connectivity index (χ4n) is 9.04. The number of H-pyrrole nitrogens is 1. The largest absolute Gasteiger partial charge is 0.355 e. The molecule has 7 aromatic carbocycles. The van der Waals surface area contributed by atoms with Crippen LogP contribution in [0.4, 0.5) is 0 Å². The van der Waals surface area contributed by atoms with E-state index in [-0.39, 0.29) is 0 Å². The van der Waals surface area contributed by atoms with E-state index in [0.717, 1.165) is 11.0 Å². The second kappa shape index (κ2) is 11.3. The molecule has 10 rings (SSSR count). The first kappa shape index (κ1) is 29.5. The number of fused-ring (bicyclic) bond motifs is 10. The van der Waals surface area contributed by atoms with Crippen molar-refractivity contribution >= 4 is 27.4 Å². The van der Waals surface area contributed by atoms with Gasteiger partial charge in [-0.3, -0.25) is 0 Å². The Hall–Kier alpha value is -6.44. The lowest BCUT2D eigenvalue weighted by molar-refractivity contribution is 0.786. The molecule has 240 valence electrons. The highest BCUT2D eigenvalue weighted by Gasteiger charge is 2.52. The molecule has 2 aliphatic carbocycles. The molecule has 0 saturated carbocycles. The third kappa shape index (κ3) is 4.16. The number of benzene rings is 7. The Balaban J connectivity index is 1.17. The van der Waals surface area contributed by atoms with Crippen LogP contribution in [0, 0.1) is 0 Å². The van der Waals surface area contributed by atoms with Crippen molar-refractivity contribution in [2.75, 3.05) is 0 Å². The third-order valence-electron chi connectivity index (χ3n) is 11.1. The van der Waals surface area contributed by atoms with Gasteiger partial charge in [-0.2, -0.15) is 0 Å². The van der Waals surface area contributed by atoms with Gasteiger partial charge in [0.15, 0.2) is 0 Å². The van der Waals surface area contributed by atoms with Crippen molar-refractivity contribution in [1.82, 2.24) is 4.98 Å². The minimum Gasteiger partial charge on any atom is -0.355 e. The second-order valence-corrected chi connectivity index (χ2v) is 13.7. The minimum atomic E-state index is -0.414. The van der Waals surface area contributed by atoms with E-state index < -0.39 is 5.41 Å². The monoisotopic (exact) mass is 649 g/mol. The average Bonchev–Trinajstić information content (AvgIpc) is 3.81. The summed E-state index contributed by atoms with van der Waals surface area (Å²) in [5, 5.41) is 2.47. The maximum atomic E-state index is 4.30. The van der Waals surface area contributed by atoms with Crippen LogP contribution in [0.1, 0.15) is 29.2 Å². The highest BCUT2D eigenvalue weighted by atomic mass is 14.7. The molecule has 1 nitrogen and oxygen atoms in total. The lowest BCUT2D eigenvalue weighted by Crippen LogP contribution is -2.26. The number of hydrogen-bond donors (Lipinski definition) is 1. The first-order valence-electron chi connectivity index (χ1n) is 17.8. The van der Waals surface area contributed by atoms with Gasteiger partial charge in [-0.1, -0.05) is 152 Å². The zero-order chi connectivity index (χ0) is 34.1. The van der Waals surface area contributed by atoms with Gasteiger partial charge in [-0.05, 0) is 115 Å². The number of aromatic nitrogens is 1. The van der Waals surface area contributed by atoms with E-state index >= 15 is 0 Å². The third-order valence-corrected chi connectivity index (χ3v) is 11.1. The van der Waals surface area contributed by atoms with Crippen LogP contribution in [0.25, 0.3) is 71.9 Å². The molecule has 0 aliphatic heterocycles. The summed E-state index contributed by atoms with van der Waals surface area (Å²) in [4.78, 5) is 3.70. The van der Waals surface area contributed by atoms with Crippen LogP contribution in [-0.2, 0) is 5.41 Å². The number of allylic oxidation sites excluding steroid dienone is 5. The molecule has 1 aromatic heterocycles. The van der Waals surface area contributed by atoms with Crippen molar-refractivity contribution in [2.45, 2.75) is 12.3 Å². The number of nitrogens with one attached hydrogen (secondary N) is 1. The zero-order valence-electron chi connectivity index (χ0n) is 28.5. The summed E-state index contributed by atoms with van der Waals surface area (Å²) in [6, 6.07) is 58.0. The number of rotatable bonds is 5. The quantitative estimate of drug-likeness (QED) is 0.191. The van der Waals surface area contributed by atoms with Crippen molar-refractivity contribution in [3.8, 4) is 44.5 Å². The van der Waals surface area contributed by atoms with Crippen molar-refractivity contribution in [3.05, 3.63) is 210 Å². The lowest BCUT2D eigenvalue weighted by Gasteiger charge is -2.31. The van der Waals surface area contributed by atoms with Gasteiger partial charge in [0.25, 0.3) is 0 Å². The van der Waals surface area contributed by atoms with Gasteiger partial charge in [-0.15, -0.1) is 0 Å². The molecular formula is C50H35N. The minimum absolute atomic E-state index is 0.414. The molecule has 1 N–H and O–H groups in total. The van der Waals surface area contributed by atoms with Gasteiger partial charge < -0.3 is 4.98 Å². The van der Waals surface area contributed by atoms with Gasteiger partial charge in [0, 0.05) is 21.8 Å². The molecule has 8 aromatic rings. The van der Waals surface area contributed by atoms with Crippen LogP contribution in [-0.4, -0.2) is 4.98 Å². The first-order valence-corrected chi connectivity index (χ1v) is 17.8. The van der Waals surface area contributed by atoms with Crippen LogP contribution >= 0.6 is 0 Å². The van der Waals surface area contributed by atoms with Crippen LogP contribution < -0.4 is 0 Å². The molecule has 1 spiro atoms. The van der Waals surface area contributed by atoms with E-state index in [9.17, 15) is 0 Å². The summed E-state index contributed by atoms with van der Waals surface area (Å²) >= 11 is 0. The molecule has 0 saturated heterocycles. The molecule has 0 fully saturated rings. The van der Waals surface area contributed by atoms with E-state index in [4.69, 9.17) is 0 Å². The van der Waals surface area contributed by atoms with Crippen LogP contribution in [0.5, 0.6) is 0 Å². The summed E-state index contributed by atoms with van der Waals surface area (Å²) in [5.41, 5.74) is 19.6. The normalized spacial score (nSPS) is 15.9. The van der Waals surface area contributed by atoms with Gasteiger partial charge in [-0.25, -0.2) is 0 Å².